The number of hydrogen-bond acceptors (Lipinski definition) is 6. The number of carbonyl (C=O) groups excluding carboxylic acids is 2. The number of hydrogen-bond donors (Lipinski definition) is 1. The van der Waals surface area contributed by atoms with Crippen LogP contribution in [0.15, 0.2) is 53.9 Å². The van der Waals surface area contributed by atoms with E-state index in [2.05, 4.69) is 32.6 Å². The third kappa shape index (κ3) is 7.64. The molecule has 0 bridgehead atoms. The van der Waals surface area contributed by atoms with E-state index in [-0.39, 0.29) is 22.9 Å². The van der Waals surface area contributed by atoms with Crippen LogP contribution in [0.2, 0.25) is 0 Å². The molecular weight excluding hydrogens is 528 g/mol. The average Bonchev–Trinajstić information content (AvgIpc) is 2.87. The van der Waals surface area contributed by atoms with E-state index in [0.29, 0.717) is 41.9 Å². The van der Waals surface area contributed by atoms with Crippen molar-refractivity contribution >= 4 is 17.6 Å². The van der Waals surface area contributed by atoms with Crippen molar-refractivity contribution in [3.63, 3.8) is 0 Å². The number of rotatable bonds is 12. The smallest absolute Gasteiger partial charge is 0.199 e. The Morgan fingerprint density at radius 1 is 1.17 bits per heavy atom. The fourth-order valence-electron chi connectivity index (χ4n) is 5.37. The SMILES string of the molecule is C=COC(C)(C)CCC(/C=C1/C(=O)c2c(O)c3c(c(CC=C(C)C)c2OC1C)O[C@](C)(CCC=C(C)C)C=C3)C(C)=O. The molecule has 1 aromatic rings. The van der Waals surface area contributed by atoms with Crippen LogP contribution in [0.5, 0.6) is 17.2 Å². The van der Waals surface area contributed by atoms with Gasteiger partial charge in [-0.1, -0.05) is 36.0 Å². The van der Waals surface area contributed by atoms with Gasteiger partial charge in [-0.25, -0.2) is 0 Å². The second-order valence-electron chi connectivity index (χ2n) is 12.8. The third-order valence-electron chi connectivity index (χ3n) is 7.94. The molecule has 2 aliphatic rings. The van der Waals surface area contributed by atoms with E-state index >= 15 is 0 Å². The number of fused-ring (bicyclic) bond motifs is 2. The summed E-state index contributed by atoms with van der Waals surface area (Å²) in [7, 11) is 0. The Balaban J connectivity index is 2.10. The maximum absolute atomic E-state index is 14.1. The van der Waals surface area contributed by atoms with Crippen molar-refractivity contribution in [2.24, 2.45) is 5.92 Å². The molecule has 42 heavy (non-hydrogen) atoms. The van der Waals surface area contributed by atoms with Crippen LogP contribution in [0.4, 0.5) is 0 Å². The van der Waals surface area contributed by atoms with Crippen LogP contribution in [0.25, 0.3) is 6.08 Å². The summed E-state index contributed by atoms with van der Waals surface area (Å²) >= 11 is 0. The van der Waals surface area contributed by atoms with Crippen molar-refractivity contribution in [2.45, 2.75) is 112 Å². The van der Waals surface area contributed by atoms with Crippen LogP contribution in [-0.2, 0) is 16.0 Å². The van der Waals surface area contributed by atoms with Crippen LogP contribution in [0.3, 0.4) is 0 Å². The Morgan fingerprint density at radius 3 is 2.43 bits per heavy atom. The van der Waals surface area contributed by atoms with Crippen molar-refractivity contribution in [1.29, 1.82) is 0 Å². The van der Waals surface area contributed by atoms with Gasteiger partial charge < -0.3 is 19.3 Å². The Hall–Kier alpha value is -3.54. The molecule has 0 amide bonds. The molecule has 0 saturated carbocycles. The Labute approximate surface area is 251 Å². The summed E-state index contributed by atoms with van der Waals surface area (Å²) in [5.74, 6) is -0.152. The van der Waals surface area contributed by atoms with Crippen LogP contribution in [0.1, 0.15) is 109 Å². The lowest BCUT2D eigenvalue weighted by Crippen LogP contribution is -2.34. The van der Waals surface area contributed by atoms with E-state index in [1.54, 1.807) is 13.0 Å². The zero-order chi connectivity index (χ0) is 31.4. The average molecular weight is 577 g/mol. The lowest BCUT2D eigenvalue weighted by molar-refractivity contribution is -0.119. The minimum atomic E-state index is -0.615. The summed E-state index contributed by atoms with van der Waals surface area (Å²) < 4.78 is 18.6. The molecule has 228 valence electrons. The normalized spacial score (nSPS) is 20.9. The maximum atomic E-state index is 14.1. The molecule has 3 atom stereocenters. The van der Waals surface area contributed by atoms with Crippen molar-refractivity contribution < 1.29 is 28.9 Å². The number of phenols is 1. The van der Waals surface area contributed by atoms with Crippen LogP contribution in [-0.4, -0.2) is 34.0 Å². The molecule has 0 aliphatic carbocycles. The number of benzene rings is 1. The zero-order valence-corrected chi connectivity index (χ0v) is 26.8. The van der Waals surface area contributed by atoms with Crippen LogP contribution < -0.4 is 9.47 Å². The summed E-state index contributed by atoms with van der Waals surface area (Å²) in [6.45, 7) is 21.0. The molecule has 0 aromatic heterocycles. The first-order valence-electron chi connectivity index (χ1n) is 14.9. The van der Waals surface area contributed by atoms with Gasteiger partial charge in [-0.2, -0.15) is 0 Å². The zero-order valence-electron chi connectivity index (χ0n) is 26.8. The van der Waals surface area contributed by atoms with Gasteiger partial charge in [0.25, 0.3) is 0 Å². The Kier molecular flexibility index (Phi) is 10.3. The van der Waals surface area contributed by atoms with E-state index in [9.17, 15) is 14.7 Å². The largest absolute Gasteiger partial charge is 0.506 e. The summed E-state index contributed by atoms with van der Waals surface area (Å²) in [4.78, 5) is 26.7. The first-order valence-corrected chi connectivity index (χ1v) is 14.9. The van der Waals surface area contributed by atoms with E-state index in [1.165, 1.54) is 18.8 Å². The molecule has 3 rings (SSSR count). The number of carbonyl (C=O) groups is 2. The van der Waals surface area contributed by atoms with E-state index < -0.39 is 23.2 Å². The molecule has 1 aromatic carbocycles. The number of ether oxygens (including phenoxy) is 3. The van der Waals surface area contributed by atoms with E-state index in [1.807, 2.05) is 46.8 Å². The standard InChI is InChI=1S/C36H48O6/c1-11-40-35(8,9)19-16-26(24(6)37)21-29-25(7)41-34-28(15-14-23(4)5)33-27(31(38)30(34)32(29)39)17-20-36(10,42-33)18-12-13-22(2)3/h11,13-14,17,20-21,25-26,38H,1,12,15-16,18-19H2,2-10H3/b29-21+/t25?,26?,36-/m1/s1. The van der Waals surface area contributed by atoms with Gasteiger partial charge in [-0.05, 0) is 107 Å². The molecule has 2 heterocycles. The number of allylic oxidation sites excluding steroid dienone is 5. The highest BCUT2D eigenvalue weighted by Gasteiger charge is 2.40. The fourth-order valence-corrected chi connectivity index (χ4v) is 5.37. The second kappa shape index (κ2) is 13.2. The summed E-state index contributed by atoms with van der Waals surface area (Å²) in [5, 5.41) is 11.5. The van der Waals surface area contributed by atoms with Gasteiger partial charge in [0.1, 0.15) is 45.9 Å². The quantitative estimate of drug-likeness (QED) is 0.152. The molecular formula is C36H48O6. The predicted octanol–water partition coefficient (Wildman–Crippen LogP) is 8.63. The van der Waals surface area contributed by atoms with Gasteiger partial charge in [-0.15, -0.1) is 0 Å². The molecule has 0 spiro atoms. The van der Waals surface area contributed by atoms with Gasteiger partial charge in [-0.3, -0.25) is 9.59 Å². The van der Waals surface area contributed by atoms with Crippen molar-refractivity contribution in [2.75, 3.05) is 0 Å². The highest BCUT2D eigenvalue weighted by atomic mass is 16.5. The molecule has 2 unspecified atom stereocenters. The van der Waals surface area contributed by atoms with Gasteiger partial charge in [0.15, 0.2) is 5.78 Å². The molecule has 6 heteroatoms. The fraction of sp³-hybridized carbons (Fsp3) is 0.500. The summed E-state index contributed by atoms with van der Waals surface area (Å²) in [5.41, 5.74) is 2.99. The monoisotopic (exact) mass is 576 g/mol. The summed E-state index contributed by atoms with van der Waals surface area (Å²) in [6, 6.07) is 0. The molecule has 2 aliphatic heterocycles. The minimum Gasteiger partial charge on any atom is -0.506 e. The molecule has 0 radical (unpaired) electrons. The number of phenolic OH excluding ortho intramolecular Hbond substituents is 1. The predicted molar refractivity (Wildman–Crippen MR) is 169 cm³/mol. The summed E-state index contributed by atoms with van der Waals surface area (Å²) in [6.07, 6.45) is 13.8. The van der Waals surface area contributed by atoms with Crippen LogP contribution in [0, 0.1) is 5.92 Å². The van der Waals surface area contributed by atoms with Crippen LogP contribution >= 0.6 is 0 Å². The van der Waals surface area contributed by atoms with Gasteiger partial charge in [0.05, 0.1) is 11.8 Å². The van der Waals surface area contributed by atoms with Gasteiger partial charge in [0, 0.05) is 17.1 Å². The number of Topliss-reactive ketones (excluding diaryl/α,β-unsaturated/α-hetero) is 2. The maximum Gasteiger partial charge on any atom is 0.199 e. The molecule has 1 N–H and O–H groups in total. The van der Waals surface area contributed by atoms with E-state index in [4.69, 9.17) is 14.2 Å². The Morgan fingerprint density at radius 2 is 1.83 bits per heavy atom. The third-order valence-corrected chi connectivity index (χ3v) is 7.94. The molecule has 6 nitrogen and oxygen atoms in total. The molecule has 0 saturated heterocycles. The minimum absolute atomic E-state index is 0.0506. The second-order valence-corrected chi connectivity index (χ2v) is 12.8. The molecule has 0 fully saturated rings. The van der Waals surface area contributed by atoms with Crippen molar-refractivity contribution in [3.8, 4) is 17.2 Å². The topological polar surface area (TPSA) is 82.1 Å². The highest BCUT2D eigenvalue weighted by Crippen LogP contribution is 2.51. The highest BCUT2D eigenvalue weighted by molar-refractivity contribution is 6.15. The lowest BCUT2D eigenvalue weighted by Gasteiger charge is -2.36. The van der Waals surface area contributed by atoms with E-state index in [0.717, 1.165) is 24.0 Å². The van der Waals surface area contributed by atoms with Gasteiger partial charge in [0.2, 0.25) is 0 Å². The van der Waals surface area contributed by atoms with Gasteiger partial charge >= 0.3 is 0 Å². The Bertz CT molecular complexity index is 1350. The first-order chi connectivity index (χ1) is 19.6. The van der Waals surface area contributed by atoms with Crippen molar-refractivity contribution in [3.05, 3.63) is 70.6 Å². The number of ketones is 2. The number of aromatic hydroxyl groups is 1. The lowest BCUT2D eigenvalue weighted by atomic mass is 9.84. The van der Waals surface area contributed by atoms with Crippen molar-refractivity contribution in [1.82, 2.24) is 0 Å². The first kappa shape index (κ1) is 33.0.